The van der Waals surface area contributed by atoms with Crippen LogP contribution in [0.4, 0.5) is 0 Å². The molecule has 1 heterocycles. The first-order valence-electron chi connectivity index (χ1n) is 5.25. The van der Waals surface area contributed by atoms with Gasteiger partial charge in [0.05, 0.1) is 0 Å². The van der Waals surface area contributed by atoms with E-state index < -0.39 is 0 Å². The van der Waals surface area contributed by atoms with Crippen molar-refractivity contribution in [2.75, 3.05) is 0 Å². The molecule has 0 amide bonds. The van der Waals surface area contributed by atoms with Crippen LogP contribution in [0.15, 0.2) is 42.6 Å². The summed E-state index contributed by atoms with van der Waals surface area (Å²) in [5.41, 5.74) is 1.93. The summed E-state index contributed by atoms with van der Waals surface area (Å²) < 4.78 is 2.03. The first-order chi connectivity index (χ1) is 8.18. The Balaban J connectivity index is 0.00000162. The number of rotatable bonds is 2. The molecule has 1 aromatic heterocycles. The standard InChI is InChI=1S/C14H12Cl2N.HI/c1-17-10-3-2-5-11(17)8-9-12-13(15)6-4-7-14(12)16;/h2-10H,1H3;1H/q+1;/p-1/b9-8+;. The van der Waals surface area contributed by atoms with E-state index in [1.54, 1.807) is 0 Å². The fourth-order valence-electron chi connectivity index (χ4n) is 1.55. The number of hydrogen-bond donors (Lipinski definition) is 0. The van der Waals surface area contributed by atoms with Crippen molar-refractivity contribution < 1.29 is 28.5 Å². The van der Waals surface area contributed by atoms with Gasteiger partial charge in [-0.15, -0.1) is 0 Å². The summed E-state index contributed by atoms with van der Waals surface area (Å²) in [6.45, 7) is 0. The van der Waals surface area contributed by atoms with Crippen LogP contribution in [0.2, 0.25) is 10.0 Å². The molecule has 0 spiro atoms. The number of halogens is 3. The van der Waals surface area contributed by atoms with Crippen molar-refractivity contribution in [1.29, 1.82) is 0 Å². The van der Waals surface area contributed by atoms with Gasteiger partial charge in [0.15, 0.2) is 6.20 Å². The van der Waals surface area contributed by atoms with Crippen LogP contribution in [0.1, 0.15) is 11.3 Å². The molecule has 0 radical (unpaired) electrons. The molecule has 0 saturated heterocycles. The molecule has 0 unspecified atom stereocenters. The van der Waals surface area contributed by atoms with E-state index in [2.05, 4.69) is 0 Å². The molecule has 18 heavy (non-hydrogen) atoms. The summed E-state index contributed by atoms with van der Waals surface area (Å²) in [4.78, 5) is 0. The van der Waals surface area contributed by atoms with Gasteiger partial charge in [-0.05, 0) is 24.3 Å². The highest BCUT2D eigenvalue weighted by atomic mass is 127. The second-order valence-electron chi connectivity index (χ2n) is 3.71. The molecule has 1 aromatic carbocycles. The van der Waals surface area contributed by atoms with Gasteiger partial charge < -0.3 is 24.0 Å². The van der Waals surface area contributed by atoms with Crippen LogP contribution < -0.4 is 28.5 Å². The number of pyridine rings is 1. The molecule has 2 rings (SSSR count). The Labute approximate surface area is 134 Å². The minimum absolute atomic E-state index is 0. The van der Waals surface area contributed by atoms with Crippen LogP contribution in [0.5, 0.6) is 0 Å². The average Bonchev–Trinajstić information content (AvgIpc) is 2.30. The molecular formula is C14H12Cl2IN. The monoisotopic (exact) mass is 391 g/mol. The third-order valence-corrected chi connectivity index (χ3v) is 3.17. The molecule has 1 nitrogen and oxygen atoms in total. The third-order valence-electron chi connectivity index (χ3n) is 2.52. The summed E-state index contributed by atoms with van der Waals surface area (Å²) >= 11 is 12.2. The van der Waals surface area contributed by atoms with Crippen LogP contribution in [-0.4, -0.2) is 0 Å². The predicted molar refractivity (Wildman–Crippen MR) is 73.0 cm³/mol. The summed E-state index contributed by atoms with van der Waals surface area (Å²) in [6, 6.07) is 11.5. The van der Waals surface area contributed by atoms with Gasteiger partial charge in [-0.1, -0.05) is 29.3 Å². The van der Waals surface area contributed by atoms with Gasteiger partial charge in [-0.25, -0.2) is 4.57 Å². The number of aryl methyl sites for hydroxylation is 1. The molecule has 94 valence electrons. The van der Waals surface area contributed by atoms with Crippen molar-refractivity contribution >= 4 is 35.4 Å². The average molecular weight is 392 g/mol. The SMILES string of the molecule is C[n+]1ccccc1/C=C/c1c(Cl)cccc1Cl.[I-]. The fraction of sp³-hybridized carbons (Fsp3) is 0.0714. The maximum absolute atomic E-state index is 6.09. The van der Waals surface area contributed by atoms with Crippen molar-refractivity contribution in [2.24, 2.45) is 7.05 Å². The molecule has 0 N–H and O–H groups in total. The fourth-order valence-corrected chi connectivity index (χ4v) is 2.07. The maximum Gasteiger partial charge on any atom is 0.204 e. The summed E-state index contributed by atoms with van der Waals surface area (Å²) in [5, 5.41) is 1.32. The molecular weight excluding hydrogens is 380 g/mol. The van der Waals surface area contributed by atoms with Crippen LogP contribution >= 0.6 is 23.2 Å². The van der Waals surface area contributed by atoms with Crippen LogP contribution in [0, 0.1) is 0 Å². The van der Waals surface area contributed by atoms with Gasteiger partial charge >= 0.3 is 0 Å². The lowest BCUT2D eigenvalue weighted by Crippen LogP contribution is -3.00. The molecule has 0 aliphatic rings. The molecule has 0 bridgehead atoms. The van der Waals surface area contributed by atoms with Gasteiger partial charge in [-0.3, -0.25) is 0 Å². The largest absolute Gasteiger partial charge is 1.00 e. The Morgan fingerprint density at radius 3 is 2.22 bits per heavy atom. The molecule has 0 aliphatic carbocycles. The Morgan fingerprint density at radius 1 is 0.944 bits per heavy atom. The highest BCUT2D eigenvalue weighted by Gasteiger charge is 2.03. The van der Waals surface area contributed by atoms with Crippen molar-refractivity contribution in [3.8, 4) is 0 Å². The Morgan fingerprint density at radius 2 is 1.61 bits per heavy atom. The highest BCUT2D eigenvalue weighted by molar-refractivity contribution is 6.37. The summed E-state index contributed by atoms with van der Waals surface area (Å²) in [5.74, 6) is 0. The van der Waals surface area contributed by atoms with E-state index in [-0.39, 0.29) is 24.0 Å². The molecule has 2 aromatic rings. The lowest BCUT2D eigenvalue weighted by atomic mass is 10.2. The molecule has 4 heteroatoms. The quantitative estimate of drug-likeness (QED) is 0.531. The molecule has 0 aliphatic heterocycles. The van der Waals surface area contributed by atoms with E-state index in [4.69, 9.17) is 23.2 Å². The van der Waals surface area contributed by atoms with E-state index in [0.29, 0.717) is 10.0 Å². The Kier molecular flexibility index (Phi) is 6.12. The predicted octanol–water partition coefficient (Wildman–Crippen LogP) is 0.992. The first-order valence-corrected chi connectivity index (χ1v) is 6.01. The topological polar surface area (TPSA) is 3.88 Å². The summed E-state index contributed by atoms with van der Waals surface area (Å²) in [7, 11) is 1.99. The first kappa shape index (κ1) is 15.5. The van der Waals surface area contributed by atoms with E-state index in [1.807, 2.05) is 66.4 Å². The number of benzene rings is 1. The van der Waals surface area contributed by atoms with E-state index >= 15 is 0 Å². The van der Waals surface area contributed by atoms with Gasteiger partial charge in [-0.2, -0.15) is 0 Å². The van der Waals surface area contributed by atoms with E-state index in [0.717, 1.165) is 11.3 Å². The number of hydrogen-bond acceptors (Lipinski definition) is 0. The minimum atomic E-state index is 0. The zero-order valence-corrected chi connectivity index (χ0v) is 13.4. The van der Waals surface area contributed by atoms with E-state index in [1.165, 1.54) is 0 Å². The van der Waals surface area contributed by atoms with Crippen LogP contribution in [0.25, 0.3) is 12.2 Å². The molecule has 0 saturated carbocycles. The number of aromatic nitrogens is 1. The molecule has 0 atom stereocenters. The van der Waals surface area contributed by atoms with Crippen LogP contribution in [0.3, 0.4) is 0 Å². The van der Waals surface area contributed by atoms with Gasteiger partial charge in [0.2, 0.25) is 5.69 Å². The van der Waals surface area contributed by atoms with Crippen molar-refractivity contribution in [3.63, 3.8) is 0 Å². The van der Waals surface area contributed by atoms with E-state index in [9.17, 15) is 0 Å². The summed E-state index contributed by atoms with van der Waals surface area (Å²) in [6.07, 6.45) is 5.92. The van der Waals surface area contributed by atoms with Crippen molar-refractivity contribution in [3.05, 3.63) is 63.9 Å². The zero-order valence-electron chi connectivity index (χ0n) is 9.78. The highest BCUT2D eigenvalue weighted by Crippen LogP contribution is 2.25. The zero-order chi connectivity index (χ0) is 12.3. The van der Waals surface area contributed by atoms with Gasteiger partial charge in [0, 0.05) is 33.8 Å². The van der Waals surface area contributed by atoms with Gasteiger partial charge in [0.1, 0.15) is 7.05 Å². The normalized spacial score (nSPS) is 10.4. The Hall–Kier alpha value is -0.580. The number of nitrogens with zero attached hydrogens (tertiary/aromatic N) is 1. The van der Waals surface area contributed by atoms with Crippen LogP contribution in [-0.2, 0) is 7.05 Å². The lowest BCUT2D eigenvalue weighted by Gasteiger charge is -2.00. The Bertz CT molecular complexity index is 547. The second-order valence-corrected chi connectivity index (χ2v) is 4.52. The van der Waals surface area contributed by atoms with Crippen molar-refractivity contribution in [2.45, 2.75) is 0 Å². The smallest absolute Gasteiger partial charge is 0.204 e. The van der Waals surface area contributed by atoms with Crippen molar-refractivity contribution in [1.82, 2.24) is 0 Å². The van der Waals surface area contributed by atoms with Gasteiger partial charge in [0.25, 0.3) is 0 Å². The third kappa shape index (κ3) is 3.70. The minimum Gasteiger partial charge on any atom is -1.00 e. The lowest BCUT2D eigenvalue weighted by molar-refractivity contribution is -0.673. The molecule has 0 fully saturated rings. The maximum atomic E-state index is 6.09. The second kappa shape index (κ2) is 7.12.